The van der Waals surface area contributed by atoms with Crippen LogP contribution in [0.25, 0.3) is 0 Å². The van der Waals surface area contributed by atoms with Gasteiger partial charge in [-0.2, -0.15) is 0 Å². The van der Waals surface area contributed by atoms with Gasteiger partial charge < -0.3 is 4.74 Å². The molecule has 0 saturated carbocycles. The normalized spacial score (nSPS) is 12.1. The van der Waals surface area contributed by atoms with E-state index in [0.29, 0.717) is 18.1 Å². The predicted octanol–water partition coefficient (Wildman–Crippen LogP) is 2.69. The molecule has 0 heterocycles. The lowest BCUT2D eigenvalue weighted by Gasteiger charge is -2.09. The lowest BCUT2D eigenvalue weighted by molar-refractivity contribution is 0.0447. The van der Waals surface area contributed by atoms with Gasteiger partial charge in [-0.1, -0.05) is 32.4 Å². The molecular weight excluding hydrogens is 176 g/mol. The van der Waals surface area contributed by atoms with Crippen molar-refractivity contribution in [3.63, 3.8) is 0 Å². The van der Waals surface area contributed by atoms with Crippen molar-refractivity contribution in [3.05, 3.63) is 35.9 Å². The SMILES string of the molecule is CC[C@H](C)COC(=O)c1cc[c]cc1. The standard InChI is InChI=1S/C12H15O2/c1-3-10(2)9-14-12(13)11-7-5-4-6-8-11/h5-8,10H,3,9H2,1-2H3/t10-/m0/s1. The quantitative estimate of drug-likeness (QED) is 0.684. The minimum atomic E-state index is -0.251. The average molecular weight is 191 g/mol. The molecule has 1 aromatic rings. The van der Waals surface area contributed by atoms with Crippen molar-refractivity contribution in [3.8, 4) is 0 Å². The van der Waals surface area contributed by atoms with Crippen LogP contribution in [0.15, 0.2) is 24.3 Å². The van der Waals surface area contributed by atoms with E-state index in [4.69, 9.17) is 4.74 Å². The van der Waals surface area contributed by atoms with Crippen LogP contribution in [-0.4, -0.2) is 12.6 Å². The summed E-state index contributed by atoms with van der Waals surface area (Å²) < 4.78 is 5.13. The van der Waals surface area contributed by atoms with Gasteiger partial charge in [0.05, 0.1) is 12.2 Å². The minimum Gasteiger partial charge on any atom is -0.462 e. The molecule has 1 aromatic carbocycles. The lowest BCUT2D eigenvalue weighted by atomic mass is 10.1. The molecule has 0 aliphatic heterocycles. The van der Waals surface area contributed by atoms with Crippen LogP contribution < -0.4 is 0 Å². The number of hydrogen-bond acceptors (Lipinski definition) is 2. The van der Waals surface area contributed by atoms with E-state index >= 15 is 0 Å². The fourth-order valence-corrected chi connectivity index (χ4v) is 0.942. The number of carbonyl (C=O) groups excluding carboxylic acids is 1. The van der Waals surface area contributed by atoms with Gasteiger partial charge in [0, 0.05) is 0 Å². The highest BCUT2D eigenvalue weighted by Gasteiger charge is 2.07. The topological polar surface area (TPSA) is 26.3 Å². The van der Waals surface area contributed by atoms with Crippen molar-refractivity contribution < 1.29 is 9.53 Å². The molecule has 75 valence electrons. The highest BCUT2D eigenvalue weighted by Crippen LogP contribution is 2.05. The second kappa shape index (κ2) is 5.43. The molecular formula is C12H15O2. The Morgan fingerprint density at radius 2 is 2.14 bits per heavy atom. The molecule has 0 aliphatic carbocycles. The summed E-state index contributed by atoms with van der Waals surface area (Å²) in [6, 6.07) is 9.69. The van der Waals surface area contributed by atoms with E-state index in [9.17, 15) is 4.79 Å². The minimum absolute atomic E-state index is 0.251. The van der Waals surface area contributed by atoms with Crippen LogP contribution in [0.4, 0.5) is 0 Å². The first-order chi connectivity index (χ1) is 6.74. The Bertz CT molecular complexity index is 280. The zero-order valence-electron chi connectivity index (χ0n) is 8.62. The maximum Gasteiger partial charge on any atom is 0.338 e. The van der Waals surface area contributed by atoms with Crippen molar-refractivity contribution in [2.45, 2.75) is 20.3 Å². The molecule has 0 fully saturated rings. The summed E-state index contributed by atoms with van der Waals surface area (Å²) in [7, 11) is 0. The van der Waals surface area contributed by atoms with Crippen LogP contribution in [0, 0.1) is 12.0 Å². The molecule has 0 aliphatic rings. The summed E-state index contributed by atoms with van der Waals surface area (Å²) in [5, 5.41) is 0. The van der Waals surface area contributed by atoms with Crippen LogP contribution in [-0.2, 0) is 4.74 Å². The molecule has 0 saturated heterocycles. The van der Waals surface area contributed by atoms with Crippen LogP contribution in [0.3, 0.4) is 0 Å². The molecule has 0 spiro atoms. The first kappa shape index (κ1) is 10.8. The first-order valence-electron chi connectivity index (χ1n) is 4.87. The molecule has 2 heteroatoms. The zero-order chi connectivity index (χ0) is 10.4. The van der Waals surface area contributed by atoms with Crippen molar-refractivity contribution in [2.24, 2.45) is 5.92 Å². The number of hydrogen-bond donors (Lipinski definition) is 0. The van der Waals surface area contributed by atoms with Crippen molar-refractivity contribution >= 4 is 5.97 Å². The molecule has 1 atom stereocenters. The largest absolute Gasteiger partial charge is 0.462 e. The van der Waals surface area contributed by atoms with Crippen LogP contribution in [0.1, 0.15) is 30.6 Å². The monoisotopic (exact) mass is 191 g/mol. The third kappa shape index (κ3) is 3.21. The van der Waals surface area contributed by atoms with Crippen LogP contribution >= 0.6 is 0 Å². The van der Waals surface area contributed by atoms with Gasteiger partial charge in [0.1, 0.15) is 0 Å². The number of ether oxygens (including phenoxy) is 1. The maximum absolute atomic E-state index is 11.4. The molecule has 0 unspecified atom stereocenters. The second-order valence-corrected chi connectivity index (χ2v) is 3.40. The van der Waals surface area contributed by atoms with E-state index in [0.717, 1.165) is 6.42 Å². The van der Waals surface area contributed by atoms with Crippen molar-refractivity contribution in [1.29, 1.82) is 0 Å². The smallest absolute Gasteiger partial charge is 0.338 e. The summed E-state index contributed by atoms with van der Waals surface area (Å²) in [5.74, 6) is 0.175. The predicted molar refractivity (Wildman–Crippen MR) is 55.0 cm³/mol. The Morgan fingerprint density at radius 1 is 1.50 bits per heavy atom. The van der Waals surface area contributed by atoms with Gasteiger partial charge in [-0.25, -0.2) is 4.79 Å². The third-order valence-electron chi connectivity index (χ3n) is 2.15. The summed E-state index contributed by atoms with van der Waals surface area (Å²) >= 11 is 0. The Morgan fingerprint density at radius 3 is 2.71 bits per heavy atom. The molecule has 2 nitrogen and oxygen atoms in total. The Labute approximate surface area is 84.9 Å². The Kier molecular flexibility index (Phi) is 4.17. The third-order valence-corrected chi connectivity index (χ3v) is 2.15. The van der Waals surface area contributed by atoms with E-state index in [-0.39, 0.29) is 5.97 Å². The van der Waals surface area contributed by atoms with Gasteiger partial charge in [-0.3, -0.25) is 0 Å². The van der Waals surface area contributed by atoms with Gasteiger partial charge in [-0.15, -0.1) is 0 Å². The summed E-state index contributed by atoms with van der Waals surface area (Å²) in [4.78, 5) is 11.4. The Hall–Kier alpha value is -1.31. The van der Waals surface area contributed by atoms with Crippen molar-refractivity contribution in [2.75, 3.05) is 6.61 Å². The van der Waals surface area contributed by atoms with E-state index in [1.807, 2.05) is 0 Å². The van der Waals surface area contributed by atoms with E-state index in [2.05, 4.69) is 19.9 Å². The number of benzene rings is 1. The van der Waals surface area contributed by atoms with Crippen LogP contribution in [0.5, 0.6) is 0 Å². The maximum atomic E-state index is 11.4. The van der Waals surface area contributed by atoms with Crippen molar-refractivity contribution in [1.82, 2.24) is 0 Å². The highest BCUT2D eigenvalue weighted by atomic mass is 16.5. The van der Waals surface area contributed by atoms with Gasteiger partial charge in [0.25, 0.3) is 0 Å². The van der Waals surface area contributed by atoms with E-state index in [1.54, 1.807) is 24.3 Å². The fourth-order valence-electron chi connectivity index (χ4n) is 0.942. The molecule has 14 heavy (non-hydrogen) atoms. The second-order valence-electron chi connectivity index (χ2n) is 3.40. The fraction of sp³-hybridized carbons (Fsp3) is 0.417. The molecule has 1 rings (SSSR count). The number of esters is 1. The molecule has 0 amide bonds. The zero-order valence-corrected chi connectivity index (χ0v) is 8.62. The van der Waals surface area contributed by atoms with E-state index in [1.165, 1.54) is 0 Å². The summed E-state index contributed by atoms with van der Waals surface area (Å²) in [6.45, 7) is 4.63. The average Bonchev–Trinajstić information content (AvgIpc) is 2.26. The molecule has 0 aromatic heterocycles. The molecule has 1 radical (unpaired) electrons. The van der Waals surface area contributed by atoms with Gasteiger partial charge in [0.2, 0.25) is 0 Å². The summed E-state index contributed by atoms with van der Waals surface area (Å²) in [6.07, 6.45) is 1.02. The number of carbonyl (C=O) groups is 1. The molecule has 0 N–H and O–H groups in total. The highest BCUT2D eigenvalue weighted by molar-refractivity contribution is 5.89. The Balaban J connectivity index is 2.44. The van der Waals surface area contributed by atoms with Gasteiger partial charge in [0.15, 0.2) is 0 Å². The first-order valence-corrected chi connectivity index (χ1v) is 4.87. The van der Waals surface area contributed by atoms with Crippen LogP contribution in [0.2, 0.25) is 0 Å². The molecule has 0 bridgehead atoms. The van der Waals surface area contributed by atoms with E-state index < -0.39 is 0 Å². The summed E-state index contributed by atoms with van der Waals surface area (Å²) in [5.41, 5.74) is 0.590. The van der Waals surface area contributed by atoms with Gasteiger partial charge in [-0.05, 0) is 24.1 Å². The number of rotatable bonds is 4. The lowest BCUT2D eigenvalue weighted by Crippen LogP contribution is -2.11. The van der Waals surface area contributed by atoms with Gasteiger partial charge >= 0.3 is 5.97 Å².